The van der Waals surface area contributed by atoms with Gasteiger partial charge in [0.25, 0.3) is 23.4 Å². The summed E-state index contributed by atoms with van der Waals surface area (Å²) in [6, 6.07) is 26.6. The Morgan fingerprint density at radius 3 is 2.12 bits per heavy atom. The van der Waals surface area contributed by atoms with Crippen LogP contribution in [0.1, 0.15) is 31.8 Å². The second-order valence-corrected chi connectivity index (χ2v) is 9.92. The fourth-order valence-corrected chi connectivity index (χ4v) is 5.08. The molecule has 6 rings (SSSR count). The average molecular weight is 574 g/mol. The van der Waals surface area contributed by atoms with Crippen LogP contribution in [-0.4, -0.2) is 47.0 Å². The van der Waals surface area contributed by atoms with E-state index in [0.29, 0.717) is 33.9 Å². The minimum Gasteiger partial charge on any atom is -0.354 e. The van der Waals surface area contributed by atoms with Crippen molar-refractivity contribution in [2.75, 3.05) is 29.1 Å². The van der Waals surface area contributed by atoms with Crippen molar-refractivity contribution < 1.29 is 24.1 Å². The third kappa shape index (κ3) is 4.88. The molecule has 11 heteroatoms. The van der Waals surface area contributed by atoms with Crippen LogP contribution in [0.5, 0.6) is 0 Å². The summed E-state index contributed by atoms with van der Waals surface area (Å²) in [5, 5.41) is 17.5. The van der Waals surface area contributed by atoms with Crippen molar-refractivity contribution in [2.24, 2.45) is 0 Å². The highest BCUT2D eigenvalue weighted by molar-refractivity contribution is 6.37. The quantitative estimate of drug-likeness (QED) is 0.140. The number of rotatable bonds is 7. The molecule has 0 aliphatic carbocycles. The Bertz CT molecular complexity index is 1830. The van der Waals surface area contributed by atoms with Gasteiger partial charge in [0.1, 0.15) is 6.54 Å². The molecule has 0 spiro atoms. The molecule has 2 aliphatic heterocycles. The van der Waals surface area contributed by atoms with E-state index in [1.54, 1.807) is 55.6 Å². The van der Waals surface area contributed by atoms with Gasteiger partial charge >= 0.3 is 0 Å². The van der Waals surface area contributed by atoms with Gasteiger partial charge in [-0.2, -0.15) is 0 Å². The molecule has 4 aromatic rings. The van der Waals surface area contributed by atoms with E-state index in [2.05, 4.69) is 10.6 Å². The van der Waals surface area contributed by atoms with Crippen molar-refractivity contribution in [3.05, 3.63) is 129 Å². The van der Waals surface area contributed by atoms with Crippen LogP contribution in [-0.2, 0) is 9.59 Å². The maximum absolute atomic E-state index is 13.1. The molecule has 4 amide bonds. The minimum absolute atomic E-state index is 0.140. The molecular weight excluding hydrogens is 550 g/mol. The van der Waals surface area contributed by atoms with Gasteiger partial charge in [-0.1, -0.05) is 42.5 Å². The number of non-ortho nitro benzene ring substituents is 1. The maximum Gasteiger partial charge on any atom is 0.270 e. The van der Waals surface area contributed by atoms with E-state index in [0.717, 1.165) is 4.90 Å². The summed E-state index contributed by atoms with van der Waals surface area (Å²) in [5.74, 6) is -1.88. The van der Waals surface area contributed by atoms with E-state index in [1.807, 2.05) is 30.3 Å². The Morgan fingerprint density at radius 2 is 1.49 bits per heavy atom. The van der Waals surface area contributed by atoms with Gasteiger partial charge in [0.15, 0.2) is 0 Å². The van der Waals surface area contributed by atoms with Gasteiger partial charge in [-0.15, -0.1) is 0 Å². The van der Waals surface area contributed by atoms with Crippen LogP contribution in [0.3, 0.4) is 0 Å². The second kappa shape index (κ2) is 10.7. The molecular formula is C32H23N5O6. The first-order chi connectivity index (χ1) is 20.7. The Morgan fingerprint density at radius 1 is 0.860 bits per heavy atom. The summed E-state index contributed by atoms with van der Waals surface area (Å²) in [5.41, 5.74) is 3.76. The number of nitrogens with one attached hydrogen (secondary N) is 2. The monoisotopic (exact) mass is 573 g/mol. The lowest BCUT2D eigenvalue weighted by molar-refractivity contribution is -0.384. The van der Waals surface area contributed by atoms with Gasteiger partial charge in [-0.05, 0) is 48.0 Å². The largest absolute Gasteiger partial charge is 0.354 e. The lowest BCUT2D eigenvalue weighted by Crippen LogP contribution is -2.41. The lowest BCUT2D eigenvalue weighted by atomic mass is 9.99. The van der Waals surface area contributed by atoms with E-state index in [-0.39, 0.29) is 22.4 Å². The number of fused-ring (bicyclic) bond motifs is 2. The Hall–Kier alpha value is -6.10. The number of amides is 4. The molecule has 212 valence electrons. The molecule has 0 aromatic heterocycles. The maximum atomic E-state index is 13.1. The molecule has 11 nitrogen and oxygen atoms in total. The van der Waals surface area contributed by atoms with Gasteiger partial charge in [-0.3, -0.25) is 34.2 Å². The molecule has 0 unspecified atom stereocenters. The molecule has 43 heavy (non-hydrogen) atoms. The van der Waals surface area contributed by atoms with Crippen LogP contribution >= 0.6 is 0 Å². The molecule has 2 aliphatic rings. The Labute approximate surface area is 245 Å². The number of benzene rings is 4. The predicted octanol–water partition coefficient (Wildman–Crippen LogP) is 4.79. The van der Waals surface area contributed by atoms with E-state index >= 15 is 0 Å². The van der Waals surface area contributed by atoms with Crippen LogP contribution in [0, 0.1) is 10.1 Å². The van der Waals surface area contributed by atoms with Crippen LogP contribution < -0.4 is 15.5 Å². The zero-order chi connectivity index (χ0) is 30.2. The van der Waals surface area contributed by atoms with E-state index in [4.69, 9.17) is 0 Å². The third-order valence-corrected chi connectivity index (χ3v) is 7.34. The standard InChI is InChI=1S/C32H23N5O6/c1-35(27(38)18-36-31(40)23-9-5-6-10-24(23)32(36)41)21-13-11-20(12-14-21)33-29(19-7-3-2-4-8-19)28-25-17-22(37(42)43)15-16-26(25)34-30(28)39/h2-17,33H,18H2,1H3,(H,34,39)/b29-28-. The van der Waals surface area contributed by atoms with Gasteiger partial charge in [0.05, 0.1) is 27.3 Å². The summed E-state index contributed by atoms with van der Waals surface area (Å²) in [6.45, 7) is -0.409. The van der Waals surface area contributed by atoms with Gasteiger partial charge in [0, 0.05) is 41.8 Å². The van der Waals surface area contributed by atoms with Crippen molar-refractivity contribution in [1.82, 2.24) is 4.90 Å². The van der Waals surface area contributed by atoms with Crippen LogP contribution in [0.2, 0.25) is 0 Å². The van der Waals surface area contributed by atoms with Gasteiger partial charge in [0.2, 0.25) is 5.91 Å². The first-order valence-corrected chi connectivity index (χ1v) is 13.2. The number of carbonyl (C=O) groups is 4. The summed E-state index contributed by atoms with van der Waals surface area (Å²) in [7, 11) is 1.55. The number of nitrogens with zero attached hydrogens (tertiary/aromatic N) is 3. The lowest BCUT2D eigenvalue weighted by Gasteiger charge is -2.21. The predicted molar refractivity (Wildman–Crippen MR) is 160 cm³/mol. The normalized spacial score (nSPS) is 14.6. The van der Waals surface area contributed by atoms with Crippen molar-refractivity contribution >= 4 is 57.6 Å². The fraction of sp³-hybridized carbons (Fsp3) is 0.0625. The van der Waals surface area contributed by atoms with Crippen molar-refractivity contribution in [2.45, 2.75) is 0 Å². The van der Waals surface area contributed by atoms with Gasteiger partial charge in [-0.25, -0.2) is 0 Å². The SMILES string of the molecule is CN(C(=O)CN1C(=O)c2ccccc2C1=O)c1ccc(N/C(=C2\C(=O)Nc3ccc([N+](=O)[O-])cc32)c2ccccc2)cc1. The Kier molecular flexibility index (Phi) is 6.75. The number of likely N-dealkylation sites (N-methyl/N-ethyl adjacent to an activating group) is 1. The molecule has 2 N–H and O–H groups in total. The zero-order valence-electron chi connectivity index (χ0n) is 22.7. The van der Waals surface area contributed by atoms with E-state index < -0.39 is 35.1 Å². The van der Waals surface area contributed by atoms with Crippen LogP contribution in [0.15, 0.2) is 97.1 Å². The van der Waals surface area contributed by atoms with Crippen molar-refractivity contribution in [3.8, 4) is 0 Å². The molecule has 0 fully saturated rings. The number of hydrogen-bond donors (Lipinski definition) is 2. The average Bonchev–Trinajstić information content (AvgIpc) is 3.48. The highest BCUT2D eigenvalue weighted by atomic mass is 16.6. The molecule has 0 radical (unpaired) electrons. The second-order valence-electron chi connectivity index (χ2n) is 9.92. The summed E-state index contributed by atoms with van der Waals surface area (Å²) < 4.78 is 0. The molecule has 0 saturated heterocycles. The third-order valence-electron chi connectivity index (χ3n) is 7.34. The highest BCUT2D eigenvalue weighted by Gasteiger charge is 2.37. The number of nitro groups is 1. The van der Waals surface area contributed by atoms with Crippen molar-refractivity contribution in [1.29, 1.82) is 0 Å². The highest BCUT2D eigenvalue weighted by Crippen LogP contribution is 2.39. The topological polar surface area (TPSA) is 142 Å². The van der Waals surface area contributed by atoms with Gasteiger partial charge < -0.3 is 15.5 Å². The summed E-state index contributed by atoms with van der Waals surface area (Å²) >= 11 is 0. The summed E-state index contributed by atoms with van der Waals surface area (Å²) in [6.07, 6.45) is 0. The minimum atomic E-state index is -0.513. The Balaban J connectivity index is 1.26. The molecule has 4 aromatic carbocycles. The first kappa shape index (κ1) is 27.1. The number of anilines is 3. The number of carbonyl (C=O) groups excluding carboxylic acids is 4. The summed E-state index contributed by atoms with van der Waals surface area (Å²) in [4.78, 5) is 64.8. The van der Waals surface area contributed by atoms with Crippen LogP contribution in [0.4, 0.5) is 22.7 Å². The molecule has 0 atom stereocenters. The first-order valence-electron chi connectivity index (χ1n) is 13.2. The van der Waals surface area contributed by atoms with Crippen molar-refractivity contribution in [3.63, 3.8) is 0 Å². The smallest absolute Gasteiger partial charge is 0.270 e. The molecule has 2 heterocycles. The van der Waals surface area contributed by atoms with Crippen LogP contribution in [0.25, 0.3) is 11.3 Å². The fourth-order valence-electron chi connectivity index (χ4n) is 5.08. The van der Waals surface area contributed by atoms with E-state index in [1.165, 1.54) is 23.1 Å². The number of imide groups is 1. The number of nitro benzene ring substituents is 1. The van der Waals surface area contributed by atoms with E-state index in [9.17, 15) is 29.3 Å². The number of hydrogen-bond acceptors (Lipinski definition) is 7. The molecule has 0 saturated carbocycles. The zero-order valence-corrected chi connectivity index (χ0v) is 22.7. The molecule has 0 bridgehead atoms.